The molecule has 0 spiro atoms. The molecule has 170 valence electrons. The van der Waals surface area contributed by atoms with Gasteiger partial charge in [0.25, 0.3) is 0 Å². The van der Waals surface area contributed by atoms with Crippen molar-refractivity contribution < 1.29 is 19.1 Å². The number of esters is 2. The summed E-state index contributed by atoms with van der Waals surface area (Å²) in [6, 6.07) is 10.0. The Bertz CT molecular complexity index is 1120. The Morgan fingerprint density at radius 3 is 2.28 bits per heavy atom. The van der Waals surface area contributed by atoms with E-state index in [1.165, 1.54) is 14.0 Å². The van der Waals surface area contributed by atoms with Crippen molar-refractivity contribution >= 4 is 80.6 Å². The van der Waals surface area contributed by atoms with Gasteiger partial charge in [0.2, 0.25) is 0 Å². The fraction of sp³-hybridized carbons (Fsp3) is 0.190. The third kappa shape index (κ3) is 7.03. The predicted molar refractivity (Wildman–Crippen MR) is 129 cm³/mol. The molecule has 32 heavy (non-hydrogen) atoms. The topological polar surface area (TPSA) is 92.8 Å². The molecule has 0 bridgehead atoms. The number of fused-ring (bicyclic) bond motifs is 1. The van der Waals surface area contributed by atoms with Crippen LogP contribution in [0.4, 0.5) is 5.69 Å². The van der Waals surface area contributed by atoms with E-state index >= 15 is 0 Å². The van der Waals surface area contributed by atoms with Crippen LogP contribution in [-0.2, 0) is 14.3 Å². The molecule has 0 amide bonds. The Morgan fingerprint density at radius 2 is 1.66 bits per heavy atom. The van der Waals surface area contributed by atoms with Crippen LogP contribution in [0.5, 0.6) is 0 Å². The van der Waals surface area contributed by atoms with Gasteiger partial charge in [-0.15, -0.1) is 0 Å². The van der Waals surface area contributed by atoms with Crippen molar-refractivity contribution in [3.63, 3.8) is 0 Å². The Balaban J connectivity index is 0.000000227. The summed E-state index contributed by atoms with van der Waals surface area (Å²) in [5.41, 5.74) is 4.68. The van der Waals surface area contributed by atoms with E-state index in [4.69, 9.17) is 51.1 Å². The molecule has 1 heterocycles. The van der Waals surface area contributed by atoms with Gasteiger partial charge in [-0.1, -0.05) is 46.4 Å². The number of aromatic amines is 1. The highest BCUT2D eigenvalue weighted by Gasteiger charge is 2.11. The molecule has 7 nitrogen and oxygen atoms in total. The van der Waals surface area contributed by atoms with Crippen molar-refractivity contribution in [2.75, 3.05) is 19.1 Å². The Hall–Kier alpha value is -2.45. The first-order valence-electron chi connectivity index (χ1n) is 9.14. The summed E-state index contributed by atoms with van der Waals surface area (Å²) >= 11 is 23.3. The van der Waals surface area contributed by atoms with E-state index < -0.39 is 5.97 Å². The molecule has 0 aliphatic carbocycles. The number of hydrogen-bond donors (Lipinski definition) is 2. The largest absolute Gasteiger partial charge is 0.464 e. The zero-order valence-corrected chi connectivity index (χ0v) is 20.3. The number of benzene rings is 2. The maximum absolute atomic E-state index is 11.5. The lowest BCUT2D eigenvalue weighted by atomic mass is 10.2. The number of anilines is 1. The summed E-state index contributed by atoms with van der Waals surface area (Å²) in [6.45, 7) is 3.64. The molecule has 0 aliphatic heterocycles. The lowest BCUT2D eigenvalue weighted by Gasteiger charge is -2.03. The number of carbonyl (C=O) groups excluding carboxylic acids is 2. The van der Waals surface area contributed by atoms with Crippen molar-refractivity contribution in [2.45, 2.75) is 13.8 Å². The van der Waals surface area contributed by atoms with E-state index in [2.05, 4.69) is 20.2 Å². The van der Waals surface area contributed by atoms with E-state index in [0.717, 1.165) is 10.9 Å². The second-order valence-electron chi connectivity index (χ2n) is 6.19. The molecule has 0 saturated heterocycles. The molecule has 11 heteroatoms. The molecule has 3 rings (SSSR count). The lowest BCUT2D eigenvalue weighted by molar-refractivity contribution is -0.132. The van der Waals surface area contributed by atoms with Gasteiger partial charge in [0.05, 0.1) is 39.5 Å². The highest BCUT2D eigenvalue weighted by molar-refractivity contribution is 6.43. The van der Waals surface area contributed by atoms with E-state index in [0.29, 0.717) is 38.1 Å². The van der Waals surface area contributed by atoms with Gasteiger partial charge in [-0.2, -0.15) is 5.10 Å². The number of methoxy groups -OCH3 is 1. The van der Waals surface area contributed by atoms with Crippen LogP contribution in [0.3, 0.4) is 0 Å². The second kappa shape index (κ2) is 12.0. The highest BCUT2D eigenvalue weighted by Crippen LogP contribution is 2.28. The summed E-state index contributed by atoms with van der Waals surface area (Å²) in [6.07, 6.45) is 0. The van der Waals surface area contributed by atoms with Crippen molar-refractivity contribution in [1.82, 2.24) is 4.98 Å². The molecule has 0 unspecified atom stereocenters. The van der Waals surface area contributed by atoms with Crippen LogP contribution in [0.15, 0.2) is 41.5 Å². The number of nitrogens with one attached hydrogen (secondary N) is 2. The number of rotatable bonds is 5. The molecule has 2 N–H and O–H groups in total. The first-order valence-corrected chi connectivity index (χ1v) is 10.7. The zero-order valence-electron chi connectivity index (χ0n) is 17.3. The van der Waals surface area contributed by atoms with Gasteiger partial charge in [-0.25, -0.2) is 9.59 Å². The Morgan fingerprint density at radius 1 is 1.00 bits per heavy atom. The third-order valence-corrected chi connectivity index (χ3v) is 5.37. The molecule has 1 aromatic heterocycles. The van der Waals surface area contributed by atoms with Crippen molar-refractivity contribution in [1.29, 1.82) is 0 Å². The van der Waals surface area contributed by atoms with Gasteiger partial charge < -0.3 is 14.5 Å². The van der Waals surface area contributed by atoms with E-state index in [1.54, 1.807) is 43.3 Å². The number of hydrazone groups is 1. The number of aromatic nitrogens is 1. The predicted octanol–water partition coefficient (Wildman–Crippen LogP) is 6.61. The van der Waals surface area contributed by atoms with Crippen LogP contribution >= 0.6 is 46.4 Å². The van der Waals surface area contributed by atoms with E-state index in [-0.39, 0.29) is 11.7 Å². The fourth-order valence-electron chi connectivity index (χ4n) is 2.35. The van der Waals surface area contributed by atoms with Crippen LogP contribution in [0.25, 0.3) is 10.9 Å². The molecular formula is C21H19Cl4N3O4. The summed E-state index contributed by atoms with van der Waals surface area (Å²) in [4.78, 5) is 25.4. The van der Waals surface area contributed by atoms with Gasteiger partial charge in [-0.3, -0.25) is 5.43 Å². The number of hydrogen-bond acceptors (Lipinski definition) is 6. The van der Waals surface area contributed by atoms with Crippen LogP contribution in [-0.4, -0.2) is 36.4 Å². The molecule has 0 saturated carbocycles. The van der Waals surface area contributed by atoms with Crippen LogP contribution in [0.1, 0.15) is 24.3 Å². The summed E-state index contributed by atoms with van der Waals surface area (Å²) in [5, 5.41) is 6.44. The van der Waals surface area contributed by atoms with Crippen LogP contribution in [0.2, 0.25) is 20.1 Å². The van der Waals surface area contributed by atoms with Crippen molar-refractivity contribution in [2.24, 2.45) is 5.10 Å². The highest BCUT2D eigenvalue weighted by atomic mass is 35.5. The van der Waals surface area contributed by atoms with E-state index in [1.807, 2.05) is 0 Å². The molecule has 0 aliphatic rings. The lowest BCUT2D eigenvalue weighted by Crippen LogP contribution is -2.13. The summed E-state index contributed by atoms with van der Waals surface area (Å²) in [7, 11) is 1.29. The molecule has 0 radical (unpaired) electrons. The molecule has 0 atom stereocenters. The average Bonchev–Trinajstić information content (AvgIpc) is 3.17. The van der Waals surface area contributed by atoms with Gasteiger partial charge in [0.1, 0.15) is 11.4 Å². The zero-order chi connectivity index (χ0) is 23.8. The normalized spacial score (nSPS) is 10.9. The maximum Gasteiger partial charge on any atom is 0.354 e. The molecule has 2 aromatic carbocycles. The van der Waals surface area contributed by atoms with E-state index in [9.17, 15) is 9.59 Å². The van der Waals surface area contributed by atoms with Crippen LogP contribution in [0, 0.1) is 0 Å². The second-order valence-corrected chi connectivity index (χ2v) is 7.82. The van der Waals surface area contributed by atoms with Gasteiger partial charge in [0.15, 0.2) is 0 Å². The first kappa shape index (κ1) is 25.8. The minimum atomic E-state index is -0.493. The van der Waals surface area contributed by atoms with Crippen LogP contribution < -0.4 is 5.43 Å². The number of halogens is 4. The minimum Gasteiger partial charge on any atom is -0.464 e. The smallest absolute Gasteiger partial charge is 0.354 e. The minimum absolute atomic E-state index is 0.216. The monoisotopic (exact) mass is 517 g/mol. The average molecular weight is 519 g/mol. The number of carbonyl (C=O) groups is 2. The maximum atomic E-state index is 11.5. The molecule has 3 aromatic rings. The van der Waals surface area contributed by atoms with Gasteiger partial charge >= 0.3 is 11.9 Å². The Labute approximate surface area is 204 Å². The molecular weight excluding hydrogens is 500 g/mol. The summed E-state index contributed by atoms with van der Waals surface area (Å²) < 4.78 is 9.37. The number of nitrogens with zero attached hydrogens (tertiary/aromatic N) is 1. The third-order valence-electron chi connectivity index (χ3n) is 3.91. The van der Waals surface area contributed by atoms with Gasteiger partial charge in [-0.05, 0) is 50.2 Å². The standard InChI is InChI=1S/C11H9Cl2NO2.C10H10Cl2N2O2/c1-2-16-11(15)10-4-6-3-7(12)8(13)5-9(6)14-10;1-6(10(15)16-2)13-14-7-3-4-8(11)9(12)5-7/h3-5,14H,2H2,1H3;3-5,14H,1-2H3/b;13-6-. The molecule has 0 fully saturated rings. The Kier molecular flexibility index (Phi) is 9.65. The van der Waals surface area contributed by atoms with Gasteiger partial charge in [0, 0.05) is 10.9 Å². The quantitative estimate of drug-likeness (QED) is 0.225. The van der Waals surface area contributed by atoms with Crippen molar-refractivity contribution in [3.8, 4) is 0 Å². The SMILES string of the molecule is CCOC(=O)c1cc2cc(Cl)c(Cl)cc2[nH]1.COC(=O)/C(C)=N\Nc1ccc(Cl)c(Cl)c1. The number of ether oxygens (including phenoxy) is 2. The van der Waals surface area contributed by atoms with Crippen molar-refractivity contribution in [3.05, 3.63) is 62.2 Å². The fourth-order valence-corrected chi connectivity index (χ4v) is 2.99. The summed E-state index contributed by atoms with van der Waals surface area (Å²) in [5.74, 6) is -0.876. The number of H-pyrrole nitrogens is 1. The first-order chi connectivity index (χ1) is 15.2.